The summed E-state index contributed by atoms with van der Waals surface area (Å²) in [5, 5.41) is 2.96. The fourth-order valence-electron chi connectivity index (χ4n) is 8.45. The van der Waals surface area contributed by atoms with Gasteiger partial charge in [0.15, 0.2) is 0 Å². The molecular formula is C38H44ClF2N5O4. The number of benzene rings is 2. The zero-order valence-electron chi connectivity index (χ0n) is 28.7. The predicted molar refractivity (Wildman–Crippen MR) is 185 cm³/mol. The van der Waals surface area contributed by atoms with Crippen molar-refractivity contribution in [2.75, 3.05) is 39.3 Å². The molecule has 3 fully saturated rings. The standard InChI is InChI=1S/C38H44ClF2N5O4/c1-37(2)13-11-29(30(20-37)25-4-6-27(39)7-5-25)35(49)45-17-15-44(16-18-45)32-12-14-43(23-38(32,40)41)21-24-3-8-28-26(19-24)22-46(36(28)50)31-9-10-33(47)42-34(31)48/h3-8,19,31-32H,9-18,20-23H2,1-2H3,(H,42,47,48). The van der Waals surface area contributed by atoms with Gasteiger partial charge in [-0.15, -0.1) is 0 Å². The SMILES string of the molecule is CC1(C)CCC(C(=O)N2CCN(C3CCN(Cc4ccc5c(c4)CN(C4CCC(=O)NC4=O)C5=O)CC3(F)F)CC2)=C(c2ccc(Cl)cc2)C1. The summed E-state index contributed by atoms with van der Waals surface area (Å²) in [7, 11) is 0. The number of allylic oxidation sites excluding steroid dienone is 1. The van der Waals surface area contributed by atoms with Gasteiger partial charge in [0.1, 0.15) is 6.04 Å². The number of amides is 4. The van der Waals surface area contributed by atoms with Gasteiger partial charge in [0.05, 0.1) is 12.6 Å². The lowest BCUT2D eigenvalue weighted by Crippen LogP contribution is -2.62. The maximum atomic E-state index is 15.8. The van der Waals surface area contributed by atoms with E-state index in [0.29, 0.717) is 62.7 Å². The molecule has 2 aromatic carbocycles. The van der Waals surface area contributed by atoms with Gasteiger partial charge in [-0.1, -0.05) is 49.7 Å². The van der Waals surface area contributed by atoms with Crippen LogP contribution in [0, 0.1) is 5.41 Å². The van der Waals surface area contributed by atoms with E-state index in [1.165, 1.54) is 4.90 Å². The summed E-state index contributed by atoms with van der Waals surface area (Å²) in [6.07, 6.45) is 3.19. The lowest BCUT2D eigenvalue weighted by Gasteiger charge is -2.46. The molecule has 4 heterocycles. The van der Waals surface area contributed by atoms with Gasteiger partial charge in [-0.25, -0.2) is 8.78 Å². The number of hydrogen-bond donors (Lipinski definition) is 1. The molecule has 0 aromatic heterocycles. The topological polar surface area (TPSA) is 93.3 Å². The van der Waals surface area contributed by atoms with E-state index in [2.05, 4.69) is 19.2 Å². The molecule has 50 heavy (non-hydrogen) atoms. The van der Waals surface area contributed by atoms with Crippen molar-refractivity contribution in [3.63, 3.8) is 0 Å². The first-order valence-corrected chi connectivity index (χ1v) is 18.0. The molecule has 9 nitrogen and oxygen atoms in total. The molecule has 0 radical (unpaired) electrons. The maximum Gasteiger partial charge on any atom is 0.275 e. The Kier molecular flexibility index (Phi) is 9.36. The molecule has 0 spiro atoms. The highest BCUT2D eigenvalue weighted by molar-refractivity contribution is 6.30. The molecule has 0 bridgehead atoms. The number of halogens is 3. The van der Waals surface area contributed by atoms with Gasteiger partial charge in [-0.2, -0.15) is 0 Å². The van der Waals surface area contributed by atoms with Crippen molar-refractivity contribution in [2.45, 2.75) is 83.5 Å². The summed E-state index contributed by atoms with van der Waals surface area (Å²) in [5.41, 5.74) is 5.09. The van der Waals surface area contributed by atoms with Crippen LogP contribution < -0.4 is 5.32 Å². The number of carbonyl (C=O) groups is 4. The third-order valence-electron chi connectivity index (χ3n) is 11.2. The van der Waals surface area contributed by atoms with Gasteiger partial charge < -0.3 is 9.80 Å². The number of fused-ring (bicyclic) bond motifs is 1. The van der Waals surface area contributed by atoms with Gasteiger partial charge in [0.2, 0.25) is 17.7 Å². The fourth-order valence-corrected chi connectivity index (χ4v) is 8.57. The summed E-state index contributed by atoms with van der Waals surface area (Å²) in [6, 6.07) is 11.5. The first-order chi connectivity index (χ1) is 23.8. The van der Waals surface area contributed by atoms with Crippen LogP contribution in [0.3, 0.4) is 0 Å². The minimum atomic E-state index is -2.93. The molecule has 2 aromatic rings. The van der Waals surface area contributed by atoms with Crippen molar-refractivity contribution in [2.24, 2.45) is 5.41 Å². The third-order valence-corrected chi connectivity index (χ3v) is 11.5. The third kappa shape index (κ3) is 6.96. The van der Waals surface area contributed by atoms with E-state index in [-0.39, 0.29) is 49.1 Å². The Morgan fingerprint density at radius 2 is 1.70 bits per heavy atom. The van der Waals surface area contributed by atoms with Crippen LogP contribution in [0.15, 0.2) is 48.0 Å². The average Bonchev–Trinajstić information content (AvgIpc) is 3.39. The Morgan fingerprint density at radius 3 is 2.40 bits per heavy atom. The Bertz CT molecular complexity index is 1740. The van der Waals surface area contributed by atoms with Crippen molar-refractivity contribution in [3.05, 3.63) is 75.3 Å². The lowest BCUT2D eigenvalue weighted by atomic mass is 9.72. The summed E-state index contributed by atoms with van der Waals surface area (Å²) in [5.74, 6) is -3.97. The summed E-state index contributed by atoms with van der Waals surface area (Å²) >= 11 is 6.14. The number of likely N-dealkylation sites (tertiary alicyclic amines) is 1. The van der Waals surface area contributed by atoms with E-state index in [9.17, 15) is 19.2 Å². The fraction of sp³-hybridized carbons (Fsp3) is 0.526. The van der Waals surface area contributed by atoms with Gasteiger partial charge in [0, 0.05) is 68.4 Å². The highest BCUT2D eigenvalue weighted by Gasteiger charge is 2.48. The number of piperidine rings is 2. The number of nitrogens with zero attached hydrogens (tertiary/aromatic N) is 4. The number of rotatable bonds is 6. The molecular weight excluding hydrogens is 664 g/mol. The Morgan fingerprint density at radius 1 is 0.960 bits per heavy atom. The second-order valence-electron chi connectivity index (χ2n) is 15.3. The maximum absolute atomic E-state index is 15.8. The second kappa shape index (κ2) is 13.5. The summed E-state index contributed by atoms with van der Waals surface area (Å²) < 4.78 is 31.6. The Hall–Kier alpha value is -3.67. The molecule has 1 aliphatic carbocycles. The zero-order valence-corrected chi connectivity index (χ0v) is 29.4. The van der Waals surface area contributed by atoms with Crippen molar-refractivity contribution >= 4 is 40.8 Å². The molecule has 12 heteroatoms. The molecule has 3 saturated heterocycles. The minimum absolute atomic E-state index is 0.0166. The van der Waals surface area contributed by atoms with E-state index in [0.717, 1.165) is 40.7 Å². The molecule has 4 amide bonds. The monoisotopic (exact) mass is 707 g/mol. The van der Waals surface area contributed by atoms with E-state index < -0.39 is 23.9 Å². The Labute approximate surface area is 296 Å². The minimum Gasteiger partial charge on any atom is -0.336 e. The molecule has 2 unspecified atom stereocenters. The number of nitrogens with one attached hydrogen (secondary N) is 1. The van der Waals surface area contributed by atoms with Gasteiger partial charge in [-0.3, -0.25) is 34.3 Å². The Balaban J connectivity index is 0.955. The van der Waals surface area contributed by atoms with E-state index >= 15 is 8.78 Å². The summed E-state index contributed by atoms with van der Waals surface area (Å²) in [4.78, 5) is 57.9. The molecule has 4 aliphatic heterocycles. The van der Waals surface area contributed by atoms with E-state index in [4.69, 9.17) is 11.6 Å². The first kappa shape index (κ1) is 34.8. The molecule has 5 aliphatic rings. The van der Waals surface area contributed by atoms with Crippen molar-refractivity contribution in [1.82, 2.24) is 24.9 Å². The van der Waals surface area contributed by atoms with Crippen LogP contribution in [0.25, 0.3) is 5.57 Å². The number of alkyl halides is 2. The van der Waals surface area contributed by atoms with E-state index in [1.54, 1.807) is 17.0 Å². The van der Waals surface area contributed by atoms with Crippen LogP contribution in [-0.2, 0) is 27.5 Å². The van der Waals surface area contributed by atoms with Crippen molar-refractivity contribution < 1.29 is 28.0 Å². The van der Waals surface area contributed by atoms with Crippen molar-refractivity contribution in [1.29, 1.82) is 0 Å². The molecule has 0 saturated carbocycles. The largest absolute Gasteiger partial charge is 0.336 e. The average molecular weight is 708 g/mol. The molecule has 2 atom stereocenters. The van der Waals surface area contributed by atoms with Gasteiger partial charge >= 0.3 is 0 Å². The van der Waals surface area contributed by atoms with Crippen molar-refractivity contribution in [3.8, 4) is 0 Å². The van der Waals surface area contributed by atoms with Crippen LogP contribution in [0.5, 0.6) is 0 Å². The van der Waals surface area contributed by atoms with Crippen LogP contribution in [-0.4, -0.2) is 101 Å². The first-order valence-electron chi connectivity index (χ1n) is 17.7. The van der Waals surface area contributed by atoms with E-state index in [1.807, 2.05) is 40.1 Å². The molecule has 7 rings (SSSR count). The number of piperazine rings is 1. The number of hydrogen-bond acceptors (Lipinski definition) is 6. The van der Waals surface area contributed by atoms with Crippen LogP contribution in [0.1, 0.15) is 79.4 Å². The van der Waals surface area contributed by atoms with Crippen LogP contribution in [0.2, 0.25) is 5.02 Å². The zero-order chi connectivity index (χ0) is 35.4. The number of imide groups is 1. The van der Waals surface area contributed by atoms with Gasteiger partial charge in [0.25, 0.3) is 11.8 Å². The second-order valence-corrected chi connectivity index (χ2v) is 15.7. The highest BCUT2D eigenvalue weighted by atomic mass is 35.5. The molecule has 1 N–H and O–H groups in total. The molecule has 266 valence electrons. The number of carbonyl (C=O) groups excluding carboxylic acids is 4. The summed E-state index contributed by atoms with van der Waals surface area (Å²) in [6.45, 7) is 6.80. The van der Waals surface area contributed by atoms with Gasteiger partial charge in [-0.05, 0) is 78.0 Å². The normalized spacial score (nSPS) is 25.9. The van der Waals surface area contributed by atoms with Crippen LogP contribution in [0.4, 0.5) is 8.78 Å². The smallest absolute Gasteiger partial charge is 0.275 e. The predicted octanol–water partition coefficient (Wildman–Crippen LogP) is 5.12. The lowest BCUT2D eigenvalue weighted by molar-refractivity contribution is -0.142. The highest BCUT2D eigenvalue weighted by Crippen LogP contribution is 2.44. The van der Waals surface area contributed by atoms with Crippen LogP contribution >= 0.6 is 11.6 Å². The quantitative estimate of drug-likeness (QED) is 0.420.